The van der Waals surface area contributed by atoms with Crippen LogP contribution in [0.4, 0.5) is 11.5 Å². The molecular formula is C30H35N5O2. The fourth-order valence-electron chi connectivity index (χ4n) is 6.75. The molecule has 1 spiro atoms. The van der Waals surface area contributed by atoms with E-state index in [-0.39, 0.29) is 17.2 Å². The number of amides is 1. The van der Waals surface area contributed by atoms with Crippen LogP contribution in [-0.4, -0.2) is 45.5 Å². The number of carbonyl (C=O) groups is 1. The van der Waals surface area contributed by atoms with Crippen molar-refractivity contribution in [2.24, 2.45) is 0 Å². The molecule has 1 amide bonds. The summed E-state index contributed by atoms with van der Waals surface area (Å²) < 4.78 is 0. The Balaban J connectivity index is 1.37. The number of piperidine rings is 1. The number of nitrogens with one attached hydrogen (secondary N) is 1. The average molecular weight is 498 g/mol. The van der Waals surface area contributed by atoms with Crippen LogP contribution in [0.15, 0.2) is 54.9 Å². The van der Waals surface area contributed by atoms with Gasteiger partial charge in [0.2, 0.25) is 5.91 Å². The molecule has 1 aromatic heterocycles. The van der Waals surface area contributed by atoms with Gasteiger partial charge < -0.3 is 15.3 Å². The molecule has 3 heterocycles. The van der Waals surface area contributed by atoms with Gasteiger partial charge in [-0.25, -0.2) is 9.97 Å². The number of hydrogen-bond acceptors (Lipinski definition) is 6. The molecule has 192 valence electrons. The Labute approximate surface area is 218 Å². The third-order valence-corrected chi connectivity index (χ3v) is 8.54. The van der Waals surface area contributed by atoms with Gasteiger partial charge in [0.25, 0.3) is 0 Å². The van der Waals surface area contributed by atoms with Crippen LogP contribution in [0.25, 0.3) is 0 Å². The predicted molar refractivity (Wildman–Crippen MR) is 144 cm³/mol. The fraction of sp³-hybridized carbons (Fsp3) is 0.433. The van der Waals surface area contributed by atoms with E-state index in [1.54, 1.807) is 13.3 Å². The Morgan fingerprint density at radius 2 is 1.89 bits per heavy atom. The molecule has 37 heavy (non-hydrogen) atoms. The summed E-state index contributed by atoms with van der Waals surface area (Å²) in [7, 11) is 0. The quantitative estimate of drug-likeness (QED) is 0.546. The van der Waals surface area contributed by atoms with Crippen LogP contribution >= 0.6 is 0 Å². The van der Waals surface area contributed by atoms with Gasteiger partial charge in [-0.15, -0.1) is 0 Å². The zero-order valence-corrected chi connectivity index (χ0v) is 21.7. The molecule has 2 aliphatic heterocycles. The number of rotatable bonds is 5. The van der Waals surface area contributed by atoms with Crippen molar-refractivity contribution in [2.75, 3.05) is 24.5 Å². The first-order valence-corrected chi connectivity index (χ1v) is 13.4. The monoisotopic (exact) mass is 497 g/mol. The second-order valence-electron chi connectivity index (χ2n) is 11.0. The van der Waals surface area contributed by atoms with E-state index in [1.165, 1.54) is 22.4 Å². The van der Waals surface area contributed by atoms with Gasteiger partial charge >= 0.3 is 0 Å². The standard InChI is InChI=1S/C30H35N5O2/c1-20-15-25(37)28-26(20)29(33-19-32-28)35-18-30(27-23(16-31-21(2)36)9-6-10-24(27)35)11-13-34(14-12-30)17-22-7-4-3-5-8-22/h3-10,19-20,25,37H,11-18H2,1-2H3,(H,31,36)/t20-,25-/m1/s1. The number of aromatic nitrogens is 2. The lowest BCUT2D eigenvalue weighted by Gasteiger charge is -2.40. The molecule has 1 aliphatic carbocycles. The summed E-state index contributed by atoms with van der Waals surface area (Å²) in [6, 6.07) is 17.1. The number of anilines is 2. The molecule has 6 rings (SSSR count). The first-order chi connectivity index (χ1) is 17.9. The van der Waals surface area contributed by atoms with Crippen LogP contribution in [0.3, 0.4) is 0 Å². The van der Waals surface area contributed by atoms with Crippen LogP contribution in [0, 0.1) is 0 Å². The summed E-state index contributed by atoms with van der Waals surface area (Å²) in [6.45, 7) is 8.12. The smallest absolute Gasteiger partial charge is 0.217 e. The van der Waals surface area contributed by atoms with Gasteiger partial charge in [0.05, 0.1) is 11.8 Å². The number of aliphatic hydroxyl groups is 1. The third kappa shape index (κ3) is 4.30. The lowest BCUT2D eigenvalue weighted by molar-refractivity contribution is -0.119. The molecule has 2 atom stereocenters. The van der Waals surface area contributed by atoms with E-state index in [9.17, 15) is 9.90 Å². The number of fused-ring (bicyclic) bond motifs is 3. The van der Waals surface area contributed by atoms with E-state index in [0.717, 1.165) is 56.1 Å². The number of hydrogen-bond donors (Lipinski definition) is 2. The third-order valence-electron chi connectivity index (χ3n) is 8.54. The molecule has 7 heteroatoms. The maximum absolute atomic E-state index is 11.8. The lowest BCUT2D eigenvalue weighted by atomic mass is 9.72. The van der Waals surface area contributed by atoms with Crippen molar-refractivity contribution < 1.29 is 9.90 Å². The molecular weight excluding hydrogens is 462 g/mol. The molecule has 0 saturated carbocycles. The van der Waals surface area contributed by atoms with Crippen LogP contribution in [0.5, 0.6) is 0 Å². The lowest BCUT2D eigenvalue weighted by Crippen LogP contribution is -2.45. The second kappa shape index (κ2) is 9.54. The minimum absolute atomic E-state index is 0.0179. The highest BCUT2D eigenvalue weighted by Gasteiger charge is 2.48. The fourth-order valence-corrected chi connectivity index (χ4v) is 6.75. The summed E-state index contributed by atoms with van der Waals surface area (Å²) in [5.41, 5.74) is 6.89. The van der Waals surface area contributed by atoms with E-state index < -0.39 is 6.10 Å². The van der Waals surface area contributed by atoms with Crippen LogP contribution in [0.2, 0.25) is 0 Å². The maximum Gasteiger partial charge on any atom is 0.217 e. The van der Waals surface area contributed by atoms with E-state index in [4.69, 9.17) is 4.98 Å². The minimum Gasteiger partial charge on any atom is -0.387 e. The molecule has 0 radical (unpaired) electrons. The zero-order chi connectivity index (χ0) is 25.6. The van der Waals surface area contributed by atoms with E-state index in [2.05, 4.69) is 75.6 Å². The topological polar surface area (TPSA) is 81.6 Å². The van der Waals surface area contributed by atoms with Crippen molar-refractivity contribution in [3.8, 4) is 0 Å². The normalized spacial score (nSPS) is 22.2. The van der Waals surface area contributed by atoms with E-state index >= 15 is 0 Å². The Hall–Kier alpha value is -3.29. The Morgan fingerprint density at radius 3 is 2.65 bits per heavy atom. The molecule has 0 unspecified atom stereocenters. The van der Waals surface area contributed by atoms with Crippen molar-refractivity contribution in [3.05, 3.63) is 82.8 Å². The summed E-state index contributed by atoms with van der Waals surface area (Å²) >= 11 is 0. The SMILES string of the molecule is CC(=O)NCc1cccc2c1C1(CCN(Cc3ccccc3)CC1)CN2c1ncnc2c1[C@H](C)C[C@H]2O. The molecule has 2 N–H and O–H groups in total. The van der Waals surface area contributed by atoms with Crippen LogP contribution in [0.1, 0.15) is 73.1 Å². The molecule has 7 nitrogen and oxygen atoms in total. The molecule has 3 aliphatic rings. The first-order valence-electron chi connectivity index (χ1n) is 13.4. The van der Waals surface area contributed by atoms with Crippen molar-refractivity contribution in [2.45, 2.75) is 63.6 Å². The van der Waals surface area contributed by atoms with Crippen molar-refractivity contribution in [3.63, 3.8) is 0 Å². The predicted octanol–water partition coefficient (Wildman–Crippen LogP) is 4.34. The summed E-state index contributed by atoms with van der Waals surface area (Å²) in [6.07, 6.45) is 3.85. The molecule has 2 aromatic carbocycles. The summed E-state index contributed by atoms with van der Waals surface area (Å²) in [5.74, 6) is 1.11. The Bertz CT molecular complexity index is 1300. The van der Waals surface area contributed by atoms with Gasteiger partial charge in [-0.3, -0.25) is 9.69 Å². The number of likely N-dealkylation sites (tertiary alicyclic amines) is 1. The van der Waals surface area contributed by atoms with Gasteiger partial charge in [-0.1, -0.05) is 49.4 Å². The van der Waals surface area contributed by atoms with Crippen molar-refractivity contribution >= 4 is 17.4 Å². The number of nitrogens with zero attached hydrogens (tertiary/aromatic N) is 4. The highest BCUT2D eigenvalue weighted by Crippen LogP contribution is 2.53. The number of benzene rings is 2. The average Bonchev–Trinajstić information content (AvgIpc) is 3.39. The molecule has 1 saturated heterocycles. The van der Waals surface area contributed by atoms with Gasteiger partial charge in [0.1, 0.15) is 12.1 Å². The molecule has 3 aromatic rings. The van der Waals surface area contributed by atoms with Crippen molar-refractivity contribution in [1.29, 1.82) is 0 Å². The number of carbonyl (C=O) groups excluding carboxylic acids is 1. The van der Waals surface area contributed by atoms with Gasteiger partial charge in [0, 0.05) is 43.2 Å². The van der Waals surface area contributed by atoms with E-state index in [0.29, 0.717) is 13.0 Å². The van der Waals surface area contributed by atoms with Gasteiger partial charge in [0.15, 0.2) is 0 Å². The Morgan fingerprint density at radius 1 is 1.11 bits per heavy atom. The van der Waals surface area contributed by atoms with Gasteiger partial charge in [-0.05, 0) is 61.0 Å². The highest BCUT2D eigenvalue weighted by molar-refractivity contribution is 5.76. The summed E-state index contributed by atoms with van der Waals surface area (Å²) in [5, 5.41) is 13.7. The zero-order valence-electron chi connectivity index (χ0n) is 21.7. The second-order valence-corrected chi connectivity index (χ2v) is 11.0. The van der Waals surface area contributed by atoms with Crippen LogP contribution in [-0.2, 0) is 23.3 Å². The summed E-state index contributed by atoms with van der Waals surface area (Å²) in [4.78, 5) is 26.0. The number of aliphatic hydroxyl groups excluding tert-OH is 1. The molecule has 0 bridgehead atoms. The van der Waals surface area contributed by atoms with Crippen molar-refractivity contribution in [1.82, 2.24) is 20.2 Å². The molecule has 1 fully saturated rings. The van der Waals surface area contributed by atoms with Crippen LogP contribution < -0.4 is 10.2 Å². The minimum atomic E-state index is -0.532. The van der Waals surface area contributed by atoms with E-state index in [1.807, 2.05) is 0 Å². The highest BCUT2D eigenvalue weighted by atomic mass is 16.3. The Kier molecular flexibility index (Phi) is 6.21. The maximum atomic E-state index is 11.8. The van der Waals surface area contributed by atoms with Gasteiger partial charge in [-0.2, -0.15) is 0 Å². The largest absolute Gasteiger partial charge is 0.387 e. The first kappa shape index (κ1) is 24.1.